The molecule has 1 atom stereocenters. The number of benzene rings is 1. The maximum Gasteiger partial charge on any atom is 0.234 e. The van der Waals surface area contributed by atoms with E-state index in [0.717, 1.165) is 50.5 Å². The normalized spacial score (nSPS) is 17.6. The zero-order valence-corrected chi connectivity index (χ0v) is 16.4. The van der Waals surface area contributed by atoms with E-state index in [2.05, 4.69) is 26.7 Å². The molecule has 0 aliphatic carbocycles. The van der Waals surface area contributed by atoms with Crippen molar-refractivity contribution in [1.82, 2.24) is 19.8 Å². The summed E-state index contributed by atoms with van der Waals surface area (Å²) in [4.78, 5) is 19.1. The summed E-state index contributed by atoms with van der Waals surface area (Å²) in [5, 5.41) is 3.05. The van der Waals surface area contributed by atoms with E-state index in [4.69, 9.17) is 4.74 Å². The van der Waals surface area contributed by atoms with Gasteiger partial charge in [-0.1, -0.05) is 12.1 Å². The highest BCUT2D eigenvalue weighted by Gasteiger charge is 2.25. The maximum atomic E-state index is 12.3. The maximum absolute atomic E-state index is 12.3. The van der Waals surface area contributed by atoms with Crippen LogP contribution in [-0.4, -0.2) is 53.6 Å². The summed E-state index contributed by atoms with van der Waals surface area (Å²) in [6.07, 6.45) is 7.00. The molecule has 6 heteroatoms. The standard InChI is InChI=1S/C21H30N4O2/c1-3-25-14-12-23-21(25)18-5-4-13-24(15-18)16-20(26)22-11-10-17-6-8-19(27-2)9-7-17/h6-9,12,14,18H,3-5,10-11,13,15-16H2,1-2H3,(H,22,26)/t18-/m1/s1. The Morgan fingerprint density at radius 3 is 2.89 bits per heavy atom. The molecule has 0 spiro atoms. The van der Waals surface area contributed by atoms with Crippen molar-refractivity contribution in [3.8, 4) is 5.75 Å². The van der Waals surface area contributed by atoms with Crippen LogP contribution < -0.4 is 10.1 Å². The zero-order valence-electron chi connectivity index (χ0n) is 16.4. The van der Waals surface area contributed by atoms with Crippen LogP contribution in [0.25, 0.3) is 0 Å². The summed E-state index contributed by atoms with van der Waals surface area (Å²) in [6.45, 7) is 6.09. The second kappa shape index (κ2) is 9.55. The Morgan fingerprint density at radius 1 is 1.33 bits per heavy atom. The fraction of sp³-hybridized carbons (Fsp3) is 0.524. The second-order valence-electron chi connectivity index (χ2n) is 7.09. The van der Waals surface area contributed by atoms with Crippen molar-refractivity contribution in [3.05, 3.63) is 48.0 Å². The Bertz CT molecular complexity index is 726. The SMILES string of the molecule is CCn1ccnc1[C@@H]1CCCN(CC(=O)NCCc2ccc(OC)cc2)C1. The van der Waals surface area contributed by atoms with Gasteiger partial charge in [-0.05, 0) is 50.4 Å². The average Bonchev–Trinajstić information content (AvgIpc) is 3.17. The molecule has 0 saturated carbocycles. The number of carbonyl (C=O) groups excluding carboxylic acids is 1. The largest absolute Gasteiger partial charge is 0.497 e. The van der Waals surface area contributed by atoms with Gasteiger partial charge in [0, 0.05) is 37.9 Å². The molecule has 0 bridgehead atoms. The summed E-state index contributed by atoms with van der Waals surface area (Å²) >= 11 is 0. The molecule has 1 aromatic heterocycles. The molecule has 1 saturated heterocycles. The highest BCUT2D eigenvalue weighted by Crippen LogP contribution is 2.25. The van der Waals surface area contributed by atoms with Crippen LogP contribution in [0.5, 0.6) is 5.75 Å². The number of aryl methyl sites for hydroxylation is 1. The lowest BCUT2D eigenvalue weighted by Gasteiger charge is -2.32. The Morgan fingerprint density at radius 2 is 2.15 bits per heavy atom. The molecule has 1 amide bonds. The van der Waals surface area contributed by atoms with Gasteiger partial charge in [0.05, 0.1) is 13.7 Å². The highest BCUT2D eigenvalue weighted by molar-refractivity contribution is 5.78. The molecule has 3 rings (SSSR count). The van der Waals surface area contributed by atoms with Crippen molar-refractivity contribution in [3.63, 3.8) is 0 Å². The molecule has 1 aromatic carbocycles. The summed E-state index contributed by atoms with van der Waals surface area (Å²) in [6, 6.07) is 7.97. The fourth-order valence-corrected chi connectivity index (χ4v) is 3.76. The summed E-state index contributed by atoms with van der Waals surface area (Å²) in [7, 11) is 1.66. The highest BCUT2D eigenvalue weighted by atomic mass is 16.5. The minimum Gasteiger partial charge on any atom is -0.497 e. The number of rotatable bonds is 8. The molecule has 2 aromatic rings. The number of piperidine rings is 1. The van der Waals surface area contributed by atoms with Crippen molar-refractivity contribution in [2.75, 3.05) is 33.3 Å². The molecule has 0 radical (unpaired) electrons. The molecule has 1 aliphatic heterocycles. The third-order valence-electron chi connectivity index (χ3n) is 5.22. The van der Waals surface area contributed by atoms with Gasteiger partial charge < -0.3 is 14.6 Å². The number of imidazole rings is 1. The van der Waals surface area contributed by atoms with Crippen LogP contribution >= 0.6 is 0 Å². The number of nitrogens with one attached hydrogen (secondary N) is 1. The number of aromatic nitrogens is 2. The van der Waals surface area contributed by atoms with Crippen molar-refractivity contribution in [1.29, 1.82) is 0 Å². The van der Waals surface area contributed by atoms with E-state index in [1.807, 2.05) is 36.7 Å². The first-order valence-corrected chi connectivity index (χ1v) is 9.82. The van der Waals surface area contributed by atoms with Crippen molar-refractivity contribution in [2.24, 2.45) is 0 Å². The molecule has 1 fully saturated rings. The van der Waals surface area contributed by atoms with Crippen LogP contribution in [0.1, 0.15) is 37.1 Å². The molecule has 6 nitrogen and oxygen atoms in total. The smallest absolute Gasteiger partial charge is 0.234 e. The summed E-state index contributed by atoms with van der Waals surface area (Å²) < 4.78 is 7.38. The third kappa shape index (κ3) is 5.32. The molecule has 2 heterocycles. The number of nitrogens with zero attached hydrogens (tertiary/aromatic N) is 3. The number of methoxy groups -OCH3 is 1. The lowest BCUT2D eigenvalue weighted by atomic mass is 9.97. The zero-order chi connectivity index (χ0) is 19.1. The van der Waals surface area contributed by atoms with Gasteiger partial charge in [0.25, 0.3) is 0 Å². The summed E-state index contributed by atoms with van der Waals surface area (Å²) in [5.74, 6) is 2.53. The minimum atomic E-state index is 0.1000. The third-order valence-corrected chi connectivity index (χ3v) is 5.22. The Hall–Kier alpha value is -2.34. The van der Waals surface area contributed by atoms with E-state index in [1.54, 1.807) is 7.11 Å². The van der Waals surface area contributed by atoms with Crippen LogP contribution in [0, 0.1) is 0 Å². The topological polar surface area (TPSA) is 59.4 Å². The van der Waals surface area contributed by atoms with Crippen LogP contribution in [0.3, 0.4) is 0 Å². The molecular weight excluding hydrogens is 340 g/mol. The Balaban J connectivity index is 1.43. The first kappa shape index (κ1) is 19.4. The van der Waals surface area contributed by atoms with Crippen molar-refractivity contribution >= 4 is 5.91 Å². The molecular formula is C21H30N4O2. The number of carbonyl (C=O) groups is 1. The van der Waals surface area contributed by atoms with Gasteiger partial charge in [-0.3, -0.25) is 9.69 Å². The number of likely N-dealkylation sites (tertiary alicyclic amines) is 1. The second-order valence-corrected chi connectivity index (χ2v) is 7.09. The van der Waals surface area contributed by atoms with E-state index in [0.29, 0.717) is 19.0 Å². The number of ether oxygens (including phenoxy) is 1. The Labute approximate surface area is 161 Å². The van der Waals surface area contributed by atoms with Crippen LogP contribution in [0.15, 0.2) is 36.7 Å². The van der Waals surface area contributed by atoms with Gasteiger partial charge in [0.15, 0.2) is 0 Å². The first-order chi connectivity index (χ1) is 13.2. The summed E-state index contributed by atoms with van der Waals surface area (Å²) in [5.41, 5.74) is 1.19. The minimum absolute atomic E-state index is 0.1000. The van der Waals surface area contributed by atoms with Gasteiger partial charge in [-0.15, -0.1) is 0 Å². The monoisotopic (exact) mass is 370 g/mol. The average molecular weight is 370 g/mol. The van der Waals surface area contributed by atoms with Crippen molar-refractivity contribution < 1.29 is 9.53 Å². The lowest BCUT2D eigenvalue weighted by Crippen LogP contribution is -2.42. The molecule has 1 aliphatic rings. The van der Waals surface area contributed by atoms with Crippen LogP contribution in [-0.2, 0) is 17.8 Å². The fourth-order valence-electron chi connectivity index (χ4n) is 3.76. The number of amides is 1. The van der Waals surface area contributed by atoms with Gasteiger partial charge in [-0.25, -0.2) is 4.98 Å². The van der Waals surface area contributed by atoms with E-state index in [-0.39, 0.29) is 5.91 Å². The molecule has 27 heavy (non-hydrogen) atoms. The first-order valence-electron chi connectivity index (χ1n) is 9.82. The van der Waals surface area contributed by atoms with Crippen LogP contribution in [0.2, 0.25) is 0 Å². The van der Waals surface area contributed by atoms with E-state index < -0.39 is 0 Å². The van der Waals surface area contributed by atoms with Gasteiger partial charge in [0.1, 0.15) is 11.6 Å². The van der Waals surface area contributed by atoms with Gasteiger partial charge in [-0.2, -0.15) is 0 Å². The molecule has 146 valence electrons. The number of hydrogen-bond donors (Lipinski definition) is 1. The Kier molecular flexibility index (Phi) is 6.87. The van der Waals surface area contributed by atoms with Gasteiger partial charge in [0.2, 0.25) is 5.91 Å². The molecule has 0 unspecified atom stereocenters. The van der Waals surface area contributed by atoms with Gasteiger partial charge >= 0.3 is 0 Å². The molecule has 1 N–H and O–H groups in total. The van der Waals surface area contributed by atoms with E-state index >= 15 is 0 Å². The van der Waals surface area contributed by atoms with Crippen molar-refractivity contribution in [2.45, 2.75) is 38.6 Å². The van der Waals surface area contributed by atoms with Crippen LogP contribution in [0.4, 0.5) is 0 Å². The predicted octanol–water partition coefficient (Wildman–Crippen LogP) is 2.45. The van der Waals surface area contributed by atoms with E-state index in [1.165, 1.54) is 5.56 Å². The quantitative estimate of drug-likeness (QED) is 0.775. The lowest BCUT2D eigenvalue weighted by molar-refractivity contribution is -0.122. The number of hydrogen-bond acceptors (Lipinski definition) is 4. The van der Waals surface area contributed by atoms with E-state index in [9.17, 15) is 4.79 Å². The predicted molar refractivity (Wildman–Crippen MR) is 106 cm³/mol.